The first-order valence-electron chi connectivity index (χ1n) is 41.4. The van der Waals surface area contributed by atoms with Crippen molar-refractivity contribution in [3.8, 4) is 17.6 Å². The van der Waals surface area contributed by atoms with E-state index in [0.29, 0.717) is 110 Å². The van der Waals surface area contributed by atoms with Crippen LogP contribution in [0.1, 0.15) is 75.3 Å². The number of aryl methyl sites for hydroxylation is 1. The second kappa shape index (κ2) is 47.6. The Bertz CT molecular complexity index is 6220. The topological polar surface area (TPSA) is 402 Å². The smallest absolute Gasteiger partial charge is 0.410 e. The van der Waals surface area contributed by atoms with E-state index in [-0.39, 0.29) is 168 Å². The van der Waals surface area contributed by atoms with Crippen LogP contribution in [-0.4, -0.2) is 226 Å². The maximum absolute atomic E-state index is 13.6. The fourth-order valence-corrected chi connectivity index (χ4v) is 26.6. The average molecular weight is 2120 g/mol. The minimum Gasteiger partial charge on any atom is -0.456 e. The van der Waals surface area contributed by atoms with Crippen molar-refractivity contribution in [2.75, 3.05) is 117 Å². The Morgan fingerprint density at radius 2 is 0.812 bits per heavy atom. The summed E-state index contributed by atoms with van der Waals surface area (Å²) in [7, 11) is -16.2. The van der Waals surface area contributed by atoms with Crippen molar-refractivity contribution >= 4 is 209 Å². The molecule has 4 aliphatic heterocycles. The molecule has 8 aromatic rings. The summed E-state index contributed by atoms with van der Waals surface area (Å²) in [6, 6.07) is 36.9. The van der Waals surface area contributed by atoms with Gasteiger partial charge in [0.25, 0.3) is 17.1 Å². The van der Waals surface area contributed by atoms with Crippen molar-refractivity contribution in [2.45, 2.75) is 120 Å². The minimum atomic E-state index is -4.08. The summed E-state index contributed by atoms with van der Waals surface area (Å²) < 4.78 is 124. The molecule has 8 aromatic carbocycles. The van der Waals surface area contributed by atoms with Crippen LogP contribution in [0, 0.1) is 60.4 Å². The van der Waals surface area contributed by atoms with Crippen LogP contribution in [0.3, 0.4) is 0 Å². The third kappa shape index (κ3) is 27.4. The summed E-state index contributed by atoms with van der Waals surface area (Å²) in [5.41, 5.74) is 0.0463. The predicted molar refractivity (Wildman–Crippen MR) is 510 cm³/mol. The van der Waals surface area contributed by atoms with E-state index in [0.717, 1.165) is 110 Å². The predicted octanol–water partition coefficient (Wildman–Crippen LogP) is 19.0. The number of carbonyl (C=O) groups is 4. The molecule has 0 spiro atoms. The lowest BCUT2D eigenvalue weighted by Gasteiger charge is -2.37. The molecule has 4 heterocycles. The molecule has 4 amide bonds. The van der Waals surface area contributed by atoms with E-state index in [4.69, 9.17) is 102 Å². The molecule has 0 atom stereocenters. The van der Waals surface area contributed by atoms with Crippen molar-refractivity contribution in [3.05, 3.63) is 235 Å². The van der Waals surface area contributed by atoms with Crippen LogP contribution in [0.25, 0.3) is 0 Å². The molecule has 0 N–H and O–H groups in total. The van der Waals surface area contributed by atoms with Crippen LogP contribution < -0.4 is 4.74 Å². The van der Waals surface area contributed by atoms with Gasteiger partial charge in [-0.1, -0.05) is 155 Å². The highest BCUT2D eigenvalue weighted by Gasteiger charge is 2.41. The number of ether oxygens (including phenoxy) is 2. The number of piperazine rings is 4. The van der Waals surface area contributed by atoms with Gasteiger partial charge in [-0.25, -0.2) is 38.5 Å². The van der Waals surface area contributed by atoms with Gasteiger partial charge in [-0.15, -0.1) is 11.6 Å². The summed E-state index contributed by atoms with van der Waals surface area (Å²) in [4.78, 5) is 90.1. The van der Waals surface area contributed by atoms with Gasteiger partial charge in [0, 0.05) is 215 Å². The molecule has 2 saturated carbocycles. The van der Waals surface area contributed by atoms with Gasteiger partial charge in [0.15, 0.2) is 0 Å². The molecule has 2 aliphatic carbocycles. The summed E-state index contributed by atoms with van der Waals surface area (Å²) in [5.74, 6) is 1.03. The lowest BCUT2D eigenvalue weighted by Crippen LogP contribution is -2.52. The zero-order chi connectivity index (χ0) is 96.4. The Balaban J connectivity index is 0.000000171. The van der Waals surface area contributed by atoms with Crippen molar-refractivity contribution in [1.29, 1.82) is 5.26 Å². The number of hydrogen-bond acceptors (Lipinski definition) is 24. The molecule has 0 bridgehead atoms. The number of benzene rings is 8. The van der Waals surface area contributed by atoms with Crippen molar-refractivity contribution in [2.24, 2.45) is 11.8 Å². The van der Waals surface area contributed by atoms with Gasteiger partial charge in [0.05, 0.1) is 41.5 Å². The Hall–Kier alpha value is -8.32. The van der Waals surface area contributed by atoms with E-state index in [1.165, 1.54) is 82.8 Å². The number of halogens is 8. The highest BCUT2D eigenvalue weighted by molar-refractivity contribution is 8.01. The molecule has 710 valence electrons. The number of nitriles is 1. The number of rotatable bonds is 26. The maximum Gasteiger partial charge on any atom is 0.410 e. The molecule has 133 heavy (non-hydrogen) atoms. The fraction of sp³-hybridized carbons (Fsp3) is 0.360. The SMILES string of the molecule is C=CCOC(=O)N1CCN(S(=O)(=O)c2cc(C#N)ccc2Oc2cc(C)cc(Cl)c2)CC1.O=C(C1CCC1)N1CCN(S(=O)(=O)c2cc([N+](=O)[O-])ccc2Sc2cc(Cl)ccc2Cl)CC1.O=C(C1CCCCC1)N1CCN(S(=O)(=O)c2cc([N+](=O)[O-])ccc2Sc2cc(Cl)ccc2Cl)CC1.O=C(CCCCl)N1CCN(S(=O)(=O)c2cc([N+](=O)[O-])ccc2Sc2cc(Cl)ccc2Cl)CC1. The van der Waals surface area contributed by atoms with Gasteiger partial charge in [0.1, 0.15) is 37.7 Å². The Labute approximate surface area is 822 Å². The lowest BCUT2D eigenvalue weighted by atomic mass is 9.84. The fourth-order valence-electron chi connectivity index (χ4n) is 14.7. The number of nitro benzene ring substituents is 3. The van der Waals surface area contributed by atoms with E-state index >= 15 is 0 Å². The first-order chi connectivity index (χ1) is 63.2. The average Bonchev–Trinajstić information content (AvgIpc) is 0.780. The summed E-state index contributed by atoms with van der Waals surface area (Å²) in [5, 5.41) is 46.2. The largest absolute Gasteiger partial charge is 0.456 e. The lowest BCUT2D eigenvalue weighted by molar-refractivity contribution is -0.385. The number of nitro groups is 3. The third-order valence-electron chi connectivity index (χ3n) is 22.0. The van der Waals surface area contributed by atoms with Crippen LogP contribution in [0.15, 0.2) is 207 Å². The quantitative estimate of drug-likeness (QED) is 0.0210. The molecule has 6 aliphatic rings. The molecule has 32 nitrogen and oxygen atoms in total. The standard InChI is InChI=1S/C23H25Cl2N3O5S2.C22H22ClN3O5S.C21H21Cl2N3O5S2.C20H20Cl3N3O5S2/c24-17-6-8-19(25)21(14-17)34-20-9-7-18(28(30)31)15-22(20)35(32,33)27-12-10-26(11-13-27)23(29)16-4-2-1-3-5-16;1-3-10-30-22(27)25-6-8-26(9-7-25)32(28,29)21-13-17(15-24)4-5-20(21)31-19-12-16(2)11-18(23)14-19;22-15-4-6-17(23)19(12-15)32-18-7-5-16(26(28)29)13-20(18)33(30,31)25-10-8-24(9-11-25)21(27)14-2-1-3-14;21-7-1-2-20(27)24-8-10-25(11-9-24)33(30,31)19-13-15(26(28)29)4-6-17(19)32-18-12-14(22)3-5-16(18)23/h6-9,14-16H,1-5,10-13H2;3-5,11-14H,1,6-10H2,2H3;4-7,12-14H,1-3,8-11H2;3-6,12-13H,1-2,7-11H2. The number of nitrogens with zero attached hydrogens (tertiary/aromatic N) is 12. The van der Waals surface area contributed by atoms with Crippen LogP contribution >= 0.6 is 128 Å². The van der Waals surface area contributed by atoms with E-state index < -0.39 is 61.0 Å². The van der Waals surface area contributed by atoms with E-state index in [2.05, 4.69) is 6.58 Å². The number of alkyl halides is 1. The van der Waals surface area contributed by atoms with Crippen LogP contribution in [0.2, 0.25) is 35.2 Å². The van der Waals surface area contributed by atoms with Gasteiger partial charge >= 0.3 is 6.09 Å². The third-order valence-corrected chi connectivity index (χ3v) is 36.0. The summed E-state index contributed by atoms with van der Waals surface area (Å²) >= 11 is 51.9. The van der Waals surface area contributed by atoms with Gasteiger partial charge in [-0.3, -0.25) is 44.7 Å². The highest BCUT2D eigenvalue weighted by Crippen LogP contribution is 2.46. The monoisotopic (exact) mass is 2110 g/mol. The molecule has 6 fully saturated rings. The minimum absolute atomic E-state index is 0.0223. The molecular weight excluding hydrogens is 2030 g/mol. The van der Waals surface area contributed by atoms with Gasteiger partial charge in [-0.2, -0.15) is 22.5 Å². The van der Waals surface area contributed by atoms with Crippen molar-refractivity contribution in [3.63, 3.8) is 0 Å². The van der Waals surface area contributed by atoms with E-state index in [9.17, 15) is 88.5 Å². The van der Waals surface area contributed by atoms with Crippen LogP contribution in [0.4, 0.5) is 21.9 Å². The van der Waals surface area contributed by atoms with Crippen molar-refractivity contribution in [1.82, 2.24) is 36.8 Å². The Morgan fingerprint density at radius 3 is 1.16 bits per heavy atom. The second-order valence-corrected chi connectivity index (χ2v) is 45.0. The molecule has 4 saturated heterocycles. The van der Waals surface area contributed by atoms with E-state index in [1.807, 2.05) is 13.0 Å². The summed E-state index contributed by atoms with van der Waals surface area (Å²) in [6.45, 7) is 8.28. The van der Waals surface area contributed by atoms with Crippen LogP contribution in [-0.2, 0) is 59.2 Å². The highest BCUT2D eigenvalue weighted by atomic mass is 35.5. The zero-order valence-electron chi connectivity index (χ0n) is 71.0. The normalized spacial score (nSPS) is 16.3. The van der Waals surface area contributed by atoms with E-state index in [1.54, 1.807) is 87.5 Å². The van der Waals surface area contributed by atoms with Gasteiger partial charge in [-0.05, 0) is 154 Å². The molecular formula is C86H88Cl8N12O20S7. The Morgan fingerprint density at radius 1 is 0.444 bits per heavy atom. The van der Waals surface area contributed by atoms with Crippen LogP contribution in [0.5, 0.6) is 11.5 Å². The number of non-ortho nitro benzene ring substituents is 3. The molecule has 0 aromatic heterocycles. The van der Waals surface area contributed by atoms with Gasteiger partial charge in [0.2, 0.25) is 57.8 Å². The number of sulfonamides is 4. The van der Waals surface area contributed by atoms with Crippen molar-refractivity contribution < 1.29 is 77.1 Å². The zero-order valence-corrected chi connectivity index (χ0v) is 82.8. The molecule has 0 radical (unpaired) electrons. The Kier molecular flexibility index (Phi) is 37.7. The van der Waals surface area contributed by atoms with Gasteiger partial charge < -0.3 is 29.1 Å². The molecule has 14 rings (SSSR count). The number of carbonyl (C=O) groups excluding carboxylic acids is 4. The first-order valence-corrected chi connectivity index (χ1v) is 52.8. The second-order valence-electron chi connectivity index (χ2n) is 30.8. The molecule has 47 heteroatoms. The first kappa shape index (κ1) is 105. The number of amides is 4. The summed E-state index contributed by atoms with van der Waals surface area (Å²) in [6.07, 6.45) is 9.65. The maximum atomic E-state index is 13.6. The molecule has 0 unspecified atom stereocenters. The number of hydrogen-bond donors (Lipinski definition) is 0.